The van der Waals surface area contributed by atoms with E-state index in [1.807, 2.05) is 28.8 Å². The quantitative estimate of drug-likeness (QED) is 0.731. The molecule has 6 heteroatoms. The van der Waals surface area contributed by atoms with Crippen LogP contribution in [0.2, 0.25) is 0 Å². The highest BCUT2D eigenvalue weighted by Gasteiger charge is 2.25. The molecule has 0 fully saturated rings. The molecule has 1 N–H and O–H groups in total. The first-order valence-corrected chi connectivity index (χ1v) is 8.28. The highest BCUT2D eigenvalue weighted by Crippen LogP contribution is 2.25. The number of hydrogen-bond acceptors (Lipinski definition) is 4. The Bertz CT molecular complexity index is 966. The van der Waals surface area contributed by atoms with Crippen LogP contribution in [-0.2, 0) is 10.2 Å². The molecule has 0 bridgehead atoms. The number of carbonyl (C=O) groups is 2. The molecular weight excluding hydrogens is 330 g/mol. The molecule has 0 spiro atoms. The van der Waals surface area contributed by atoms with Gasteiger partial charge < -0.3 is 14.5 Å². The maximum absolute atomic E-state index is 12.8. The van der Waals surface area contributed by atoms with Gasteiger partial charge in [-0.25, -0.2) is 9.78 Å². The Kier molecular flexibility index (Phi) is 4.50. The lowest BCUT2D eigenvalue weighted by molar-refractivity contribution is 0.0600. The number of amides is 1. The van der Waals surface area contributed by atoms with E-state index >= 15 is 0 Å². The maximum Gasteiger partial charge on any atom is 0.337 e. The van der Waals surface area contributed by atoms with Crippen molar-refractivity contribution in [2.75, 3.05) is 12.4 Å². The molecule has 2 aromatic heterocycles. The van der Waals surface area contributed by atoms with E-state index in [4.69, 9.17) is 0 Å². The Balaban J connectivity index is 1.92. The largest absolute Gasteiger partial charge is 0.465 e. The van der Waals surface area contributed by atoms with Crippen LogP contribution < -0.4 is 5.32 Å². The van der Waals surface area contributed by atoms with E-state index < -0.39 is 5.97 Å². The van der Waals surface area contributed by atoms with Crippen LogP contribution in [0.15, 0.2) is 48.7 Å². The molecule has 3 aromatic rings. The Morgan fingerprint density at radius 3 is 2.38 bits per heavy atom. The summed E-state index contributed by atoms with van der Waals surface area (Å²) in [6, 6.07) is 12.2. The number of methoxy groups -OCH3 is 1. The number of benzene rings is 1. The topological polar surface area (TPSA) is 72.7 Å². The molecule has 3 rings (SSSR count). The van der Waals surface area contributed by atoms with E-state index in [-0.39, 0.29) is 11.3 Å². The van der Waals surface area contributed by atoms with Crippen molar-refractivity contribution in [2.45, 2.75) is 26.2 Å². The van der Waals surface area contributed by atoms with E-state index in [1.54, 1.807) is 24.3 Å². The number of nitrogens with zero attached hydrogens (tertiary/aromatic N) is 2. The first-order chi connectivity index (χ1) is 12.3. The summed E-state index contributed by atoms with van der Waals surface area (Å²) in [5.41, 5.74) is 1.92. The minimum Gasteiger partial charge on any atom is -0.465 e. The molecule has 0 saturated carbocycles. The van der Waals surface area contributed by atoms with E-state index in [0.29, 0.717) is 16.9 Å². The molecule has 134 valence electrons. The number of ether oxygens (including phenoxy) is 1. The van der Waals surface area contributed by atoms with Crippen LogP contribution in [0.4, 0.5) is 5.69 Å². The Hall–Kier alpha value is -3.15. The molecule has 0 saturated heterocycles. The summed E-state index contributed by atoms with van der Waals surface area (Å²) in [6.07, 6.45) is 1.91. The predicted octanol–water partition coefficient (Wildman–Crippen LogP) is 3.67. The summed E-state index contributed by atoms with van der Waals surface area (Å²) in [7, 11) is 1.33. The summed E-state index contributed by atoms with van der Waals surface area (Å²) in [5, 5.41) is 2.83. The van der Waals surface area contributed by atoms with E-state index in [9.17, 15) is 9.59 Å². The lowest BCUT2D eigenvalue weighted by Crippen LogP contribution is -2.16. The van der Waals surface area contributed by atoms with Crippen molar-refractivity contribution in [3.63, 3.8) is 0 Å². The van der Waals surface area contributed by atoms with Gasteiger partial charge in [-0.15, -0.1) is 0 Å². The fraction of sp³-hybridized carbons (Fsp3) is 0.250. The van der Waals surface area contributed by atoms with Gasteiger partial charge in [-0.2, -0.15) is 0 Å². The number of rotatable bonds is 3. The van der Waals surface area contributed by atoms with Crippen LogP contribution in [0.5, 0.6) is 0 Å². The average molecular weight is 351 g/mol. The molecule has 1 aromatic carbocycles. The third kappa shape index (κ3) is 3.31. The molecule has 0 unspecified atom stereocenters. The van der Waals surface area contributed by atoms with Crippen molar-refractivity contribution in [1.82, 2.24) is 9.38 Å². The Morgan fingerprint density at radius 2 is 1.77 bits per heavy atom. The van der Waals surface area contributed by atoms with Gasteiger partial charge in [-0.3, -0.25) is 4.79 Å². The summed E-state index contributed by atoms with van der Waals surface area (Å²) in [6.45, 7) is 6.17. The van der Waals surface area contributed by atoms with Crippen LogP contribution >= 0.6 is 0 Å². The van der Waals surface area contributed by atoms with Crippen LogP contribution in [0, 0.1) is 0 Å². The number of pyridine rings is 1. The van der Waals surface area contributed by atoms with Crippen LogP contribution in [0.25, 0.3) is 5.52 Å². The van der Waals surface area contributed by atoms with Gasteiger partial charge in [0.25, 0.3) is 5.91 Å². The SMILES string of the molecule is COC(=O)c1ccc(NC(=O)c2nc(C(C)(C)C)n3ccccc23)cc1. The number of nitrogens with one attached hydrogen (secondary N) is 1. The minimum atomic E-state index is -0.419. The maximum atomic E-state index is 12.8. The average Bonchev–Trinajstić information content (AvgIpc) is 3.02. The molecule has 26 heavy (non-hydrogen) atoms. The van der Waals surface area contributed by atoms with Gasteiger partial charge in [-0.05, 0) is 36.4 Å². The van der Waals surface area contributed by atoms with Gasteiger partial charge in [0.15, 0.2) is 5.69 Å². The van der Waals surface area contributed by atoms with Gasteiger partial charge in [0.1, 0.15) is 5.82 Å². The highest BCUT2D eigenvalue weighted by atomic mass is 16.5. The Morgan fingerprint density at radius 1 is 1.08 bits per heavy atom. The van der Waals surface area contributed by atoms with Crippen LogP contribution in [0.3, 0.4) is 0 Å². The summed E-state index contributed by atoms with van der Waals surface area (Å²) in [4.78, 5) is 28.8. The minimum absolute atomic E-state index is 0.203. The number of carbonyl (C=O) groups excluding carboxylic acids is 2. The second-order valence-corrected chi connectivity index (χ2v) is 7.01. The molecule has 0 radical (unpaired) electrons. The predicted molar refractivity (Wildman–Crippen MR) is 99.6 cm³/mol. The van der Waals surface area contributed by atoms with Gasteiger partial charge in [0.05, 0.1) is 18.2 Å². The third-order valence-electron chi connectivity index (χ3n) is 4.00. The fourth-order valence-corrected chi connectivity index (χ4v) is 2.73. The summed E-state index contributed by atoms with van der Waals surface area (Å²) < 4.78 is 6.61. The van der Waals surface area contributed by atoms with Crippen LogP contribution in [-0.4, -0.2) is 28.4 Å². The first-order valence-electron chi connectivity index (χ1n) is 8.28. The fourth-order valence-electron chi connectivity index (χ4n) is 2.73. The first kappa shape index (κ1) is 17.7. The van der Waals surface area contributed by atoms with E-state index in [1.165, 1.54) is 7.11 Å². The van der Waals surface area contributed by atoms with Gasteiger partial charge in [0, 0.05) is 17.3 Å². The van der Waals surface area contributed by atoms with Crippen molar-refractivity contribution >= 4 is 23.1 Å². The number of esters is 1. The molecule has 2 heterocycles. The molecule has 0 aliphatic rings. The second-order valence-electron chi connectivity index (χ2n) is 7.01. The molecule has 1 amide bonds. The van der Waals surface area contributed by atoms with Crippen molar-refractivity contribution in [2.24, 2.45) is 0 Å². The zero-order chi connectivity index (χ0) is 18.9. The smallest absolute Gasteiger partial charge is 0.337 e. The zero-order valence-electron chi connectivity index (χ0n) is 15.2. The number of aromatic nitrogens is 2. The number of fused-ring (bicyclic) bond motifs is 1. The third-order valence-corrected chi connectivity index (χ3v) is 4.00. The second kappa shape index (κ2) is 6.63. The van der Waals surface area contributed by atoms with E-state index in [2.05, 4.69) is 35.8 Å². The van der Waals surface area contributed by atoms with Gasteiger partial charge >= 0.3 is 5.97 Å². The number of imidazole rings is 1. The molecular formula is C20H21N3O3. The van der Waals surface area contributed by atoms with Crippen molar-refractivity contribution in [3.8, 4) is 0 Å². The van der Waals surface area contributed by atoms with E-state index in [0.717, 1.165) is 11.3 Å². The monoisotopic (exact) mass is 351 g/mol. The Labute approximate surface area is 151 Å². The van der Waals surface area contributed by atoms with Crippen molar-refractivity contribution < 1.29 is 14.3 Å². The highest BCUT2D eigenvalue weighted by molar-refractivity contribution is 6.07. The zero-order valence-corrected chi connectivity index (χ0v) is 15.2. The van der Waals surface area contributed by atoms with Crippen molar-refractivity contribution in [1.29, 1.82) is 0 Å². The normalized spacial score (nSPS) is 11.4. The molecule has 0 atom stereocenters. The lowest BCUT2D eigenvalue weighted by atomic mass is 9.96. The number of anilines is 1. The number of hydrogen-bond donors (Lipinski definition) is 1. The standard InChI is InChI=1S/C20H21N3O3/c1-20(2,3)19-22-16(15-7-5-6-12-23(15)19)17(24)21-14-10-8-13(9-11-14)18(25)26-4/h5-12H,1-4H3,(H,21,24). The van der Waals surface area contributed by atoms with Gasteiger partial charge in [-0.1, -0.05) is 26.8 Å². The summed E-state index contributed by atoms with van der Waals surface area (Å²) >= 11 is 0. The van der Waals surface area contributed by atoms with Crippen molar-refractivity contribution in [3.05, 3.63) is 65.7 Å². The molecule has 6 nitrogen and oxygen atoms in total. The summed E-state index contributed by atoms with van der Waals surface area (Å²) in [5.74, 6) is 0.104. The lowest BCUT2D eigenvalue weighted by Gasteiger charge is -2.16. The van der Waals surface area contributed by atoms with Gasteiger partial charge in [0.2, 0.25) is 0 Å². The molecule has 0 aliphatic heterocycles. The van der Waals surface area contributed by atoms with Crippen LogP contribution in [0.1, 0.15) is 47.4 Å². The molecule has 0 aliphatic carbocycles.